The third-order valence-corrected chi connectivity index (χ3v) is 4.53. The molecule has 106 valence electrons. The van der Waals surface area contributed by atoms with Gasteiger partial charge in [0.05, 0.1) is 11.2 Å². The summed E-state index contributed by atoms with van der Waals surface area (Å²) in [5.41, 5.74) is 4.81. The molecule has 1 aliphatic rings. The summed E-state index contributed by atoms with van der Waals surface area (Å²) in [6, 6.07) is 8.39. The van der Waals surface area contributed by atoms with Gasteiger partial charge in [-0.15, -0.1) is 0 Å². The predicted molar refractivity (Wildman–Crippen MR) is 83.2 cm³/mol. The molecule has 3 nitrogen and oxygen atoms in total. The first-order valence-electron chi connectivity index (χ1n) is 7.42. The van der Waals surface area contributed by atoms with Crippen LogP contribution in [0.25, 0.3) is 10.9 Å². The molecule has 0 unspecified atom stereocenters. The van der Waals surface area contributed by atoms with E-state index in [2.05, 4.69) is 36.9 Å². The first kappa shape index (κ1) is 13.4. The van der Waals surface area contributed by atoms with Gasteiger partial charge in [0.25, 0.3) is 0 Å². The third kappa shape index (κ3) is 2.27. The quantitative estimate of drug-likeness (QED) is 0.911. The van der Waals surface area contributed by atoms with Crippen LogP contribution in [0.2, 0.25) is 0 Å². The number of anilines is 1. The van der Waals surface area contributed by atoms with Crippen molar-refractivity contribution in [3.8, 4) is 0 Å². The topological polar surface area (TPSA) is 36.4 Å². The van der Waals surface area contributed by atoms with E-state index in [0.29, 0.717) is 12.5 Å². The molecule has 3 heteroatoms. The Balaban J connectivity index is 2.04. The minimum atomic E-state index is 0.322. The molecule has 1 saturated heterocycles. The third-order valence-electron chi connectivity index (χ3n) is 4.53. The van der Waals surface area contributed by atoms with Crippen molar-refractivity contribution in [3.63, 3.8) is 0 Å². The van der Waals surface area contributed by atoms with Crippen LogP contribution in [0.3, 0.4) is 0 Å². The van der Waals surface area contributed by atoms with Crippen molar-refractivity contribution in [3.05, 3.63) is 35.5 Å². The van der Waals surface area contributed by atoms with E-state index in [-0.39, 0.29) is 0 Å². The molecule has 0 radical (unpaired) electrons. The maximum absolute atomic E-state index is 9.29. The molecule has 2 aromatic rings. The number of nitrogens with zero attached hydrogens (tertiary/aromatic N) is 2. The lowest BCUT2D eigenvalue weighted by molar-refractivity contribution is 0.203. The van der Waals surface area contributed by atoms with Crippen molar-refractivity contribution in [1.82, 2.24) is 4.98 Å². The van der Waals surface area contributed by atoms with Crippen molar-refractivity contribution < 1.29 is 5.11 Å². The lowest BCUT2D eigenvalue weighted by Gasteiger charge is -2.34. The normalized spacial score (nSPS) is 16.9. The zero-order chi connectivity index (χ0) is 14.1. The van der Waals surface area contributed by atoms with Crippen LogP contribution >= 0.6 is 0 Å². The van der Waals surface area contributed by atoms with Gasteiger partial charge in [-0.2, -0.15) is 0 Å². The van der Waals surface area contributed by atoms with Crippen LogP contribution in [0.1, 0.15) is 24.1 Å². The fourth-order valence-corrected chi connectivity index (χ4v) is 3.16. The van der Waals surface area contributed by atoms with E-state index in [1.54, 1.807) is 0 Å². The Morgan fingerprint density at radius 3 is 2.60 bits per heavy atom. The van der Waals surface area contributed by atoms with Crippen LogP contribution in [0.15, 0.2) is 24.3 Å². The first-order chi connectivity index (χ1) is 9.70. The van der Waals surface area contributed by atoms with Crippen molar-refractivity contribution in [2.45, 2.75) is 26.7 Å². The van der Waals surface area contributed by atoms with E-state index in [4.69, 9.17) is 4.98 Å². The van der Waals surface area contributed by atoms with Crippen LogP contribution in [0, 0.1) is 19.8 Å². The molecule has 0 amide bonds. The number of piperidine rings is 1. The molecule has 0 aliphatic carbocycles. The summed E-state index contributed by atoms with van der Waals surface area (Å²) in [7, 11) is 0. The van der Waals surface area contributed by atoms with E-state index in [0.717, 1.165) is 37.1 Å². The molecular formula is C17H22N2O. The molecular weight excluding hydrogens is 248 g/mol. The Morgan fingerprint density at radius 2 is 1.90 bits per heavy atom. The zero-order valence-corrected chi connectivity index (χ0v) is 12.3. The summed E-state index contributed by atoms with van der Waals surface area (Å²) < 4.78 is 0. The number of fused-ring (bicyclic) bond motifs is 1. The number of benzene rings is 1. The maximum atomic E-state index is 9.29. The number of aryl methyl sites for hydroxylation is 1. The number of pyridine rings is 1. The van der Waals surface area contributed by atoms with Crippen molar-refractivity contribution in [2.75, 3.05) is 24.6 Å². The highest BCUT2D eigenvalue weighted by molar-refractivity contribution is 5.93. The van der Waals surface area contributed by atoms with E-state index < -0.39 is 0 Å². The Bertz CT molecular complexity index is 616. The Kier molecular flexibility index (Phi) is 3.62. The molecule has 3 rings (SSSR count). The van der Waals surface area contributed by atoms with Gasteiger partial charge in [-0.05, 0) is 44.2 Å². The first-order valence-corrected chi connectivity index (χ1v) is 7.42. The number of aliphatic hydroxyl groups is 1. The fraction of sp³-hybridized carbons (Fsp3) is 0.471. The number of aromatic nitrogens is 1. The van der Waals surface area contributed by atoms with E-state index in [1.807, 2.05) is 6.07 Å². The van der Waals surface area contributed by atoms with Gasteiger partial charge in [-0.1, -0.05) is 18.2 Å². The molecule has 1 aromatic heterocycles. The predicted octanol–water partition coefficient (Wildman–Crippen LogP) is 3.06. The molecule has 0 saturated carbocycles. The van der Waals surface area contributed by atoms with Gasteiger partial charge in [0.1, 0.15) is 0 Å². The molecule has 20 heavy (non-hydrogen) atoms. The monoisotopic (exact) mass is 270 g/mol. The second kappa shape index (κ2) is 5.41. The van der Waals surface area contributed by atoms with Crippen LogP contribution < -0.4 is 4.90 Å². The largest absolute Gasteiger partial charge is 0.396 e. The van der Waals surface area contributed by atoms with Crippen molar-refractivity contribution in [1.29, 1.82) is 0 Å². The van der Waals surface area contributed by atoms with E-state index in [9.17, 15) is 5.11 Å². The Labute approximate surface area is 120 Å². The lowest BCUT2D eigenvalue weighted by atomic mass is 9.96. The molecule has 1 N–H and O–H groups in total. The summed E-state index contributed by atoms with van der Waals surface area (Å²) in [4.78, 5) is 7.17. The smallest absolute Gasteiger partial charge is 0.0726 e. The molecule has 0 atom stereocenters. The summed E-state index contributed by atoms with van der Waals surface area (Å²) in [5.74, 6) is 0.473. The number of para-hydroxylation sites is 1. The molecule has 1 aliphatic heterocycles. The molecule has 1 aromatic carbocycles. The highest BCUT2D eigenvalue weighted by Gasteiger charge is 2.22. The summed E-state index contributed by atoms with van der Waals surface area (Å²) in [6.07, 6.45) is 2.15. The molecule has 0 bridgehead atoms. The number of aliphatic hydroxyl groups excluding tert-OH is 1. The summed E-state index contributed by atoms with van der Waals surface area (Å²) in [6.45, 7) is 6.63. The van der Waals surface area contributed by atoms with Crippen molar-refractivity contribution >= 4 is 16.6 Å². The SMILES string of the molecule is Cc1nc2ccccc2c(N2CCC(CO)CC2)c1C. The maximum Gasteiger partial charge on any atom is 0.0726 e. The number of hydrogen-bond donors (Lipinski definition) is 1. The van der Waals surface area contributed by atoms with Gasteiger partial charge in [0.15, 0.2) is 0 Å². The van der Waals surface area contributed by atoms with Gasteiger partial charge >= 0.3 is 0 Å². The molecule has 2 heterocycles. The minimum absolute atomic E-state index is 0.322. The highest BCUT2D eigenvalue weighted by atomic mass is 16.3. The number of rotatable bonds is 2. The van der Waals surface area contributed by atoms with Crippen LogP contribution in [0.4, 0.5) is 5.69 Å². The highest BCUT2D eigenvalue weighted by Crippen LogP contribution is 2.33. The van der Waals surface area contributed by atoms with Crippen molar-refractivity contribution in [2.24, 2.45) is 5.92 Å². The average Bonchev–Trinajstić information content (AvgIpc) is 2.49. The van der Waals surface area contributed by atoms with Crippen LogP contribution in [0.5, 0.6) is 0 Å². The lowest BCUT2D eigenvalue weighted by Crippen LogP contribution is -2.35. The molecule has 0 spiro atoms. The van der Waals surface area contributed by atoms with Crippen LogP contribution in [-0.4, -0.2) is 29.8 Å². The standard InChI is InChI=1S/C17H22N2O/c1-12-13(2)18-16-6-4-3-5-15(16)17(12)19-9-7-14(11-20)8-10-19/h3-6,14,20H,7-11H2,1-2H3. The zero-order valence-electron chi connectivity index (χ0n) is 12.3. The van der Waals surface area contributed by atoms with Gasteiger partial charge in [0.2, 0.25) is 0 Å². The van der Waals surface area contributed by atoms with Gasteiger partial charge in [-0.3, -0.25) is 4.98 Å². The van der Waals surface area contributed by atoms with Gasteiger partial charge < -0.3 is 10.0 Å². The average molecular weight is 270 g/mol. The Morgan fingerprint density at radius 1 is 1.20 bits per heavy atom. The minimum Gasteiger partial charge on any atom is -0.396 e. The second-order valence-electron chi connectivity index (χ2n) is 5.80. The fourth-order valence-electron chi connectivity index (χ4n) is 3.16. The van der Waals surface area contributed by atoms with E-state index in [1.165, 1.54) is 16.6 Å². The molecule has 1 fully saturated rings. The van der Waals surface area contributed by atoms with Crippen LogP contribution in [-0.2, 0) is 0 Å². The van der Waals surface area contributed by atoms with Gasteiger partial charge in [-0.25, -0.2) is 0 Å². The summed E-state index contributed by atoms with van der Waals surface area (Å²) in [5, 5.41) is 10.5. The second-order valence-corrected chi connectivity index (χ2v) is 5.80. The van der Waals surface area contributed by atoms with Gasteiger partial charge in [0, 0.05) is 30.8 Å². The Hall–Kier alpha value is -1.61. The van der Waals surface area contributed by atoms with E-state index >= 15 is 0 Å². The summed E-state index contributed by atoms with van der Waals surface area (Å²) >= 11 is 0. The number of hydrogen-bond acceptors (Lipinski definition) is 3.